The number of sulfonamides is 1. The first-order valence-electron chi connectivity index (χ1n) is 11.5. The predicted octanol–water partition coefficient (Wildman–Crippen LogP) is 4.78. The monoisotopic (exact) mass is 479 g/mol. The van der Waals surface area contributed by atoms with Crippen LogP contribution >= 0.6 is 0 Å². The van der Waals surface area contributed by atoms with E-state index in [1.54, 1.807) is 43.3 Å². The van der Waals surface area contributed by atoms with Crippen molar-refractivity contribution in [2.45, 2.75) is 43.0 Å². The zero-order valence-electron chi connectivity index (χ0n) is 18.6. The van der Waals surface area contributed by atoms with Gasteiger partial charge < -0.3 is 14.9 Å². The second-order valence-electron chi connectivity index (χ2n) is 9.67. The molecule has 0 saturated heterocycles. The fraction of sp³-hybridized carbons (Fsp3) is 0.360. The van der Waals surface area contributed by atoms with Crippen molar-refractivity contribution >= 4 is 27.5 Å². The number of fused-ring (bicyclic) bond motifs is 7. The van der Waals surface area contributed by atoms with Crippen LogP contribution in [0.3, 0.4) is 0 Å². The number of carboxylic acid groups (broad SMARTS) is 1. The van der Waals surface area contributed by atoms with Crippen molar-refractivity contribution in [1.82, 2.24) is 5.16 Å². The molecule has 176 valence electrons. The number of benzene rings is 2. The van der Waals surface area contributed by atoms with Gasteiger partial charge in [0.15, 0.2) is 5.82 Å². The molecule has 34 heavy (non-hydrogen) atoms. The van der Waals surface area contributed by atoms with Crippen molar-refractivity contribution in [2.24, 2.45) is 17.8 Å². The summed E-state index contributed by atoms with van der Waals surface area (Å²) in [6.45, 7) is 1.70. The third kappa shape index (κ3) is 3.37. The van der Waals surface area contributed by atoms with Crippen LogP contribution < -0.4 is 10.0 Å². The first-order valence-corrected chi connectivity index (χ1v) is 13.0. The summed E-state index contributed by atoms with van der Waals surface area (Å²) in [5.74, 6) is 1.31. The number of rotatable bonds is 5. The summed E-state index contributed by atoms with van der Waals surface area (Å²) in [5, 5.41) is 16.9. The molecule has 2 fully saturated rings. The lowest BCUT2D eigenvalue weighted by molar-refractivity contribution is 0.0696. The molecule has 2 saturated carbocycles. The van der Waals surface area contributed by atoms with E-state index in [0.29, 0.717) is 23.5 Å². The number of nitrogens with zero attached hydrogens (tertiary/aromatic N) is 1. The molecule has 2 aliphatic carbocycles. The Morgan fingerprint density at radius 1 is 1.15 bits per heavy atom. The summed E-state index contributed by atoms with van der Waals surface area (Å²) >= 11 is 0. The van der Waals surface area contributed by atoms with Gasteiger partial charge in [0.1, 0.15) is 5.76 Å². The molecule has 2 heterocycles. The van der Waals surface area contributed by atoms with Crippen LogP contribution in [0.5, 0.6) is 0 Å². The van der Waals surface area contributed by atoms with Crippen LogP contribution in [0.25, 0.3) is 0 Å². The summed E-state index contributed by atoms with van der Waals surface area (Å²) < 4.78 is 33.6. The number of anilines is 2. The van der Waals surface area contributed by atoms with Crippen molar-refractivity contribution < 1.29 is 22.8 Å². The summed E-state index contributed by atoms with van der Waals surface area (Å²) in [4.78, 5) is 11.8. The van der Waals surface area contributed by atoms with Gasteiger partial charge in [-0.2, -0.15) is 0 Å². The highest BCUT2D eigenvalue weighted by Crippen LogP contribution is 2.63. The smallest absolute Gasteiger partial charge is 0.335 e. The van der Waals surface area contributed by atoms with Crippen molar-refractivity contribution in [3.8, 4) is 0 Å². The molecule has 3 N–H and O–H groups in total. The predicted molar refractivity (Wildman–Crippen MR) is 125 cm³/mol. The Morgan fingerprint density at radius 2 is 1.97 bits per heavy atom. The maximum atomic E-state index is 13.1. The third-order valence-electron chi connectivity index (χ3n) is 7.73. The molecule has 8 nitrogen and oxygen atoms in total. The van der Waals surface area contributed by atoms with E-state index in [2.05, 4.69) is 15.2 Å². The molecule has 0 radical (unpaired) electrons. The fourth-order valence-electron chi connectivity index (χ4n) is 6.44. The third-order valence-corrected chi connectivity index (χ3v) is 9.08. The average molecular weight is 480 g/mol. The first-order chi connectivity index (χ1) is 16.3. The molecular formula is C25H25N3O5S. The zero-order valence-corrected chi connectivity index (χ0v) is 19.4. The minimum Gasteiger partial charge on any atom is -0.478 e. The van der Waals surface area contributed by atoms with Gasteiger partial charge >= 0.3 is 5.97 Å². The van der Waals surface area contributed by atoms with E-state index in [4.69, 9.17) is 4.52 Å². The average Bonchev–Trinajstić information content (AvgIpc) is 3.55. The number of nitrogens with one attached hydrogen (secondary N) is 2. The van der Waals surface area contributed by atoms with Gasteiger partial charge in [0.2, 0.25) is 0 Å². The van der Waals surface area contributed by atoms with Crippen LogP contribution in [-0.2, 0) is 10.0 Å². The summed E-state index contributed by atoms with van der Waals surface area (Å²) in [7, 11) is -3.82. The molecule has 0 unspecified atom stereocenters. The molecular weight excluding hydrogens is 454 g/mol. The lowest BCUT2D eigenvalue weighted by atomic mass is 9.68. The van der Waals surface area contributed by atoms with Gasteiger partial charge in [0.25, 0.3) is 10.0 Å². The van der Waals surface area contributed by atoms with E-state index < -0.39 is 16.0 Å². The van der Waals surface area contributed by atoms with Gasteiger partial charge in [0.05, 0.1) is 16.5 Å². The van der Waals surface area contributed by atoms with Gasteiger partial charge in [0, 0.05) is 11.8 Å². The minimum atomic E-state index is -3.82. The van der Waals surface area contributed by atoms with Crippen LogP contribution in [0, 0.1) is 24.7 Å². The fourth-order valence-corrected chi connectivity index (χ4v) is 7.46. The standard InChI is InChI=1S/C25H25N3O5S/c1-13-9-21(27-33-13)28-34(31,32)18-7-8-20-19(12-18)22-14-5-6-15(10-14)23(22)24(26-20)16-3-2-4-17(11-16)25(29)30/h2-4,7-9,11-12,14-15,22-24,26H,5-6,10H2,1H3,(H,27,28)(H,29,30)/t14-,15-,22-,23+,24-/m0/s1. The molecule has 3 aliphatic rings. The van der Waals surface area contributed by atoms with Crippen molar-refractivity contribution in [2.75, 3.05) is 10.0 Å². The Bertz CT molecular complexity index is 1400. The maximum absolute atomic E-state index is 13.1. The number of aromatic carboxylic acids is 1. The van der Waals surface area contributed by atoms with Crippen LogP contribution in [0.1, 0.15) is 58.5 Å². The van der Waals surface area contributed by atoms with E-state index in [1.165, 1.54) is 0 Å². The largest absolute Gasteiger partial charge is 0.478 e. The normalized spacial score (nSPS) is 27.0. The molecule has 9 heteroatoms. The maximum Gasteiger partial charge on any atom is 0.335 e. The molecule has 1 aliphatic heterocycles. The SMILES string of the molecule is Cc1cc(NS(=O)(=O)c2ccc3c(c2)[C@@H]2[C@H]4CC[C@@H](C4)[C@H]2[C@H](c2cccc(C(=O)O)c2)N3)no1. The van der Waals surface area contributed by atoms with Crippen LogP contribution in [0.2, 0.25) is 0 Å². The van der Waals surface area contributed by atoms with Crippen LogP contribution in [0.4, 0.5) is 11.5 Å². The number of aromatic nitrogens is 1. The Hall–Kier alpha value is -3.33. The molecule has 0 spiro atoms. The molecule has 2 bridgehead atoms. The zero-order chi connectivity index (χ0) is 23.6. The Morgan fingerprint density at radius 3 is 2.74 bits per heavy atom. The first kappa shape index (κ1) is 21.2. The Balaban J connectivity index is 1.39. The Kier molecular flexibility index (Phi) is 4.74. The quantitative estimate of drug-likeness (QED) is 0.481. The van der Waals surface area contributed by atoms with Gasteiger partial charge in [-0.3, -0.25) is 4.72 Å². The molecule has 1 aromatic heterocycles. The van der Waals surface area contributed by atoms with Crippen LogP contribution in [-0.4, -0.2) is 24.7 Å². The highest BCUT2D eigenvalue weighted by atomic mass is 32.2. The van der Waals surface area contributed by atoms with Gasteiger partial charge in [-0.25, -0.2) is 13.2 Å². The van der Waals surface area contributed by atoms with E-state index in [-0.39, 0.29) is 28.2 Å². The minimum absolute atomic E-state index is 0.00853. The van der Waals surface area contributed by atoms with Crippen molar-refractivity contribution in [1.29, 1.82) is 0 Å². The summed E-state index contributed by atoms with van der Waals surface area (Å²) in [5.41, 5.74) is 3.19. The van der Waals surface area contributed by atoms with E-state index in [9.17, 15) is 18.3 Å². The second-order valence-corrected chi connectivity index (χ2v) is 11.3. The topological polar surface area (TPSA) is 122 Å². The van der Waals surface area contributed by atoms with E-state index in [1.807, 2.05) is 12.1 Å². The number of carboxylic acids is 1. The van der Waals surface area contributed by atoms with E-state index in [0.717, 1.165) is 36.1 Å². The molecule has 2 aromatic carbocycles. The van der Waals surface area contributed by atoms with Gasteiger partial charge in [-0.1, -0.05) is 17.3 Å². The highest BCUT2D eigenvalue weighted by molar-refractivity contribution is 7.92. The van der Waals surface area contributed by atoms with Crippen LogP contribution in [0.15, 0.2) is 57.9 Å². The number of aryl methyl sites for hydroxylation is 1. The Labute approximate surface area is 197 Å². The summed E-state index contributed by atoms with van der Waals surface area (Å²) in [6.07, 6.45) is 3.42. The van der Waals surface area contributed by atoms with E-state index >= 15 is 0 Å². The van der Waals surface area contributed by atoms with Gasteiger partial charge in [-0.15, -0.1) is 0 Å². The number of hydrogen-bond acceptors (Lipinski definition) is 6. The van der Waals surface area contributed by atoms with Crippen molar-refractivity contribution in [3.63, 3.8) is 0 Å². The molecule has 6 rings (SSSR count). The number of hydrogen-bond donors (Lipinski definition) is 3. The second kappa shape index (κ2) is 7.59. The number of carbonyl (C=O) groups is 1. The molecule has 5 atom stereocenters. The van der Waals surface area contributed by atoms with Gasteiger partial charge in [-0.05, 0) is 91.3 Å². The molecule has 0 amide bonds. The highest BCUT2D eigenvalue weighted by Gasteiger charge is 2.54. The summed E-state index contributed by atoms with van der Waals surface area (Å²) in [6, 6.07) is 13.9. The lowest BCUT2D eigenvalue weighted by Gasteiger charge is -2.43. The molecule has 3 aromatic rings. The lowest BCUT2D eigenvalue weighted by Crippen LogP contribution is -2.35. The van der Waals surface area contributed by atoms with Crippen molar-refractivity contribution in [3.05, 3.63) is 71.0 Å².